The van der Waals surface area contributed by atoms with Crippen molar-refractivity contribution in [1.82, 2.24) is 0 Å². The number of phenols is 1. The Kier molecular flexibility index (Phi) is 16.6. The van der Waals surface area contributed by atoms with Crippen molar-refractivity contribution in [3.8, 4) is 29.6 Å². The second-order valence-electron chi connectivity index (χ2n) is 17.3. The lowest BCUT2D eigenvalue weighted by molar-refractivity contribution is -0.462. The second-order valence-corrected chi connectivity index (χ2v) is 17.3. The molecule has 13 heteroatoms. The normalized spacial score (nSPS) is 20.1. The molecule has 0 saturated carbocycles. The molecule has 0 radical (unpaired) electrons. The van der Waals surface area contributed by atoms with Gasteiger partial charge in [-0.15, -0.1) is 6.42 Å². The highest BCUT2D eigenvalue weighted by molar-refractivity contribution is 6.02. The van der Waals surface area contributed by atoms with Gasteiger partial charge >= 0.3 is 11.9 Å². The Morgan fingerprint density at radius 3 is 2.22 bits per heavy atom. The lowest BCUT2D eigenvalue weighted by atomic mass is 9.72. The molecule has 3 heterocycles. The first-order valence-electron chi connectivity index (χ1n) is 22.2. The largest absolute Gasteiger partial charge is 0.508 e. The molecule has 0 bridgehead atoms. The molecule has 5 atom stereocenters. The summed E-state index contributed by atoms with van der Waals surface area (Å²) in [6, 6.07) is 23.9. The molecule has 0 amide bonds. The number of ether oxygens (including phenoxy) is 3. The van der Waals surface area contributed by atoms with Crippen LogP contribution in [0.3, 0.4) is 0 Å². The van der Waals surface area contributed by atoms with Crippen LogP contribution in [0, 0.1) is 24.2 Å². The molecule has 0 saturated heterocycles. The molecule has 3 aliphatic heterocycles. The number of ketones is 1. The van der Waals surface area contributed by atoms with Crippen LogP contribution in [-0.2, 0) is 19.9 Å². The summed E-state index contributed by atoms with van der Waals surface area (Å²) in [5, 5.41) is 37.1. The predicted octanol–water partition coefficient (Wildman–Crippen LogP) is 9.57. The maximum Gasteiger partial charge on any atom is 0.339 e. The van der Waals surface area contributed by atoms with Crippen LogP contribution in [0.1, 0.15) is 95.0 Å². The summed E-state index contributed by atoms with van der Waals surface area (Å²) in [5.41, 5.74) is 6.07. The third-order valence-corrected chi connectivity index (χ3v) is 11.9. The number of esters is 1. The number of carbonyl (C=O) groups excluding carboxylic acids is 2. The molecule has 4 N–H and O–H groups in total. The summed E-state index contributed by atoms with van der Waals surface area (Å²) in [5.74, 6) is 1.43. The van der Waals surface area contributed by atoms with Gasteiger partial charge in [-0.3, -0.25) is 9.59 Å². The number of fused-ring (bicyclic) bond motifs is 6. The molecule has 5 unspecified atom stereocenters. The maximum absolute atomic E-state index is 12.9. The molecule has 4 aromatic rings. The zero-order valence-electron chi connectivity index (χ0n) is 40.3. The van der Waals surface area contributed by atoms with Crippen LogP contribution < -0.4 is 14.4 Å². The number of hydrogen-bond donors (Lipinski definition) is 4. The Bertz CT molecular complexity index is 2850. The van der Waals surface area contributed by atoms with E-state index in [4.69, 9.17) is 30.5 Å². The van der Waals surface area contributed by atoms with E-state index in [1.807, 2.05) is 87.1 Å². The second kappa shape index (κ2) is 22.1. The van der Waals surface area contributed by atoms with E-state index in [2.05, 4.69) is 50.6 Å². The van der Waals surface area contributed by atoms with E-state index < -0.39 is 29.6 Å². The van der Waals surface area contributed by atoms with Crippen LogP contribution in [0.25, 0.3) is 0 Å². The first-order valence-corrected chi connectivity index (χ1v) is 22.2. The number of terminal acetylenes is 1. The minimum Gasteiger partial charge on any atom is -0.508 e. The SMILES string of the molecule is C#C/C(O)=C\C1Oc2cc(O)ccc2C2(OC(=O)c3cc(C(C)C)ccc32)C1C.C=CC(=O)/C=C\C.CC(=O)O.CN(C)c1ccc2c(c1)OC1=CC(=[N+](C)C)C=CC1C2c1ccccc1C(=O)O. The average molecular weight is 936 g/mol. The van der Waals surface area contributed by atoms with Gasteiger partial charge in [-0.2, -0.15) is 0 Å². The van der Waals surface area contributed by atoms with Crippen LogP contribution in [0.2, 0.25) is 0 Å². The molecule has 0 fully saturated rings. The highest BCUT2D eigenvalue weighted by Crippen LogP contribution is 2.55. The lowest BCUT2D eigenvalue weighted by Crippen LogP contribution is -2.47. The fraction of sp³-hybridized carbons (Fsp3) is 0.268. The Labute approximate surface area is 403 Å². The third-order valence-electron chi connectivity index (χ3n) is 11.9. The first-order chi connectivity index (χ1) is 32.7. The smallest absolute Gasteiger partial charge is 0.339 e. The van der Waals surface area contributed by atoms with Crippen molar-refractivity contribution in [2.45, 2.75) is 58.2 Å². The number of rotatable bonds is 7. The summed E-state index contributed by atoms with van der Waals surface area (Å²) in [6.07, 6.45) is 16.7. The Balaban J connectivity index is 0.000000212. The minimum absolute atomic E-state index is 0.0251. The molecular weight excluding hydrogens is 877 g/mol. The van der Waals surface area contributed by atoms with Crippen molar-refractivity contribution in [2.75, 3.05) is 33.1 Å². The van der Waals surface area contributed by atoms with Crippen molar-refractivity contribution in [3.05, 3.63) is 178 Å². The average Bonchev–Trinajstić information content (AvgIpc) is 3.60. The molecule has 4 aromatic carbocycles. The minimum atomic E-state index is -1.11. The molecular formula is C56H59N2O11+. The van der Waals surface area contributed by atoms with E-state index in [-0.39, 0.29) is 41.0 Å². The van der Waals surface area contributed by atoms with Gasteiger partial charge in [0.05, 0.1) is 11.1 Å². The van der Waals surface area contributed by atoms with Crippen LogP contribution in [0.5, 0.6) is 17.2 Å². The summed E-state index contributed by atoms with van der Waals surface area (Å²) in [4.78, 5) is 46.1. The number of benzene rings is 4. The number of aliphatic hydroxyl groups excluding tert-OH is 1. The zero-order valence-corrected chi connectivity index (χ0v) is 40.3. The number of carbonyl (C=O) groups is 4. The van der Waals surface area contributed by atoms with Gasteiger partial charge in [0, 0.05) is 91.5 Å². The number of phenolic OH excluding ortho intramolecular Hbond substituents is 1. The zero-order chi connectivity index (χ0) is 50.9. The van der Waals surface area contributed by atoms with Crippen molar-refractivity contribution in [2.24, 2.45) is 11.8 Å². The number of aliphatic carboxylic acids is 1. The van der Waals surface area contributed by atoms with Crippen LogP contribution in [0.4, 0.5) is 5.69 Å². The van der Waals surface area contributed by atoms with Gasteiger partial charge in [0.25, 0.3) is 5.97 Å². The summed E-state index contributed by atoms with van der Waals surface area (Å²) in [6.45, 7) is 12.2. The van der Waals surface area contributed by atoms with Crippen LogP contribution in [0.15, 0.2) is 139 Å². The maximum atomic E-state index is 12.9. The standard InChI is InChI=1S/C24H24N2O3.C24H22O5.C6H8O.C2H4O2/c1-25(2)15-9-11-19-21(13-15)29-22-14-16(26(3)4)10-12-20(22)23(19)17-7-5-6-8-18(17)24(27)28;1-5-16(25)11-21-14(4)24(20-9-7-17(26)12-22(20)28-21)19-8-6-15(13(2)3)10-18(19)23(27)29-24;1-3-5-6(7)4-2;1-2(3)4/h5-14,19,23H,1-4H3;1,6-14,21,25-26H,2-4H3;3-5H,2H2,1H3;1H3,(H,3,4)/p+1/b;16-11+;5-3-;. The topological polar surface area (TPSA) is 183 Å². The molecule has 4 aliphatic rings. The van der Waals surface area contributed by atoms with E-state index in [9.17, 15) is 29.7 Å². The number of hydrogen-bond acceptors (Lipinski definition) is 10. The van der Waals surface area contributed by atoms with E-state index >= 15 is 0 Å². The van der Waals surface area contributed by atoms with Gasteiger partial charge in [0.15, 0.2) is 17.1 Å². The fourth-order valence-electron chi connectivity index (χ4n) is 8.49. The number of aromatic carboxylic acids is 1. The fourth-order valence-corrected chi connectivity index (χ4v) is 8.49. The van der Waals surface area contributed by atoms with Crippen molar-refractivity contribution >= 4 is 35.1 Å². The molecule has 8 rings (SSSR count). The first kappa shape index (κ1) is 51.9. The van der Waals surface area contributed by atoms with Gasteiger partial charge in [-0.05, 0) is 72.4 Å². The van der Waals surface area contributed by atoms with Crippen molar-refractivity contribution in [1.29, 1.82) is 0 Å². The lowest BCUT2D eigenvalue weighted by Gasteiger charge is -2.43. The van der Waals surface area contributed by atoms with Gasteiger partial charge in [-0.1, -0.05) is 75.9 Å². The summed E-state index contributed by atoms with van der Waals surface area (Å²) >= 11 is 0. The van der Waals surface area contributed by atoms with Gasteiger partial charge in [-0.25, -0.2) is 14.2 Å². The van der Waals surface area contributed by atoms with E-state index in [1.165, 1.54) is 24.3 Å². The van der Waals surface area contributed by atoms with E-state index in [0.29, 0.717) is 22.4 Å². The highest BCUT2D eigenvalue weighted by atomic mass is 16.6. The Morgan fingerprint density at radius 2 is 1.62 bits per heavy atom. The molecule has 1 spiro atoms. The highest BCUT2D eigenvalue weighted by Gasteiger charge is 2.57. The molecule has 13 nitrogen and oxygen atoms in total. The molecule has 1 aliphatic carbocycles. The van der Waals surface area contributed by atoms with Crippen LogP contribution >= 0.6 is 0 Å². The Hall–Kier alpha value is -8.11. The predicted molar refractivity (Wildman–Crippen MR) is 266 cm³/mol. The number of nitrogens with zero attached hydrogens (tertiary/aromatic N) is 2. The summed E-state index contributed by atoms with van der Waals surface area (Å²) in [7, 11) is 7.97. The number of carboxylic acid groups (broad SMARTS) is 2. The quantitative estimate of drug-likeness (QED) is 0.0453. The van der Waals surface area contributed by atoms with Gasteiger partial charge in [0.1, 0.15) is 43.2 Å². The van der Waals surface area contributed by atoms with Gasteiger partial charge in [0.2, 0.25) is 5.71 Å². The molecule has 69 heavy (non-hydrogen) atoms. The van der Waals surface area contributed by atoms with Crippen molar-refractivity contribution < 1.29 is 58.4 Å². The number of allylic oxidation sites excluding steroid dienone is 7. The monoisotopic (exact) mass is 935 g/mol. The molecule has 358 valence electrons. The third kappa shape index (κ3) is 11.4. The Morgan fingerprint density at radius 1 is 0.942 bits per heavy atom. The van der Waals surface area contributed by atoms with E-state index in [1.54, 1.807) is 37.3 Å². The summed E-state index contributed by atoms with van der Waals surface area (Å²) < 4.78 is 20.5. The van der Waals surface area contributed by atoms with Crippen molar-refractivity contribution in [3.63, 3.8) is 0 Å². The number of anilines is 1. The number of carboxylic acids is 2. The van der Waals surface area contributed by atoms with E-state index in [0.717, 1.165) is 52.1 Å². The number of aromatic hydroxyl groups is 1. The van der Waals surface area contributed by atoms with Gasteiger partial charge < -0.3 is 39.5 Å². The number of aliphatic hydroxyl groups is 1. The van der Waals surface area contributed by atoms with Crippen LogP contribution in [-0.4, -0.2) is 88.7 Å². The molecule has 0 aromatic heterocycles.